The van der Waals surface area contributed by atoms with Gasteiger partial charge in [0.15, 0.2) is 0 Å². The number of aromatic nitrogens is 1. The molecule has 2 N–H and O–H groups in total. The number of rotatable bonds is 5. The van der Waals surface area contributed by atoms with Crippen LogP contribution in [-0.4, -0.2) is 42.0 Å². The van der Waals surface area contributed by atoms with Crippen molar-refractivity contribution in [2.75, 3.05) is 23.5 Å². The fourth-order valence-corrected chi connectivity index (χ4v) is 5.17. The Labute approximate surface area is 203 Å². The lowest BCUT2D eigenvalue weighted by atomic mass is 10.0. The molecule has 0 bridgehead atoms. The summed E-state index contributed by atoms with van der Waals surface area (Å²) in [6.45, 7) is 4.44. The molecule has 35 heavy (non-hydrogen) atoms. The molecule has 8 heteroatoms. The van der Waals surface area contributed by atoms with E-state index in [4.69, 9.17) is 10.5 Å². The van der Waals surface area contributed by atoms with E-state index < -0.39 is 5.91 Å². The van der Waals surface area contributed by atoms with Crippen molar-refractivity contribution in [3.8, 4) is 11.4 Å². The summed E-state index contributed by atoms with van der Waals surface area (Å²) in [6.07, 6.45) is 3.55. The number of carbonyl (C=O) groups is 3. The highest BCUT2D eigenvalue weighted by Gasteiger charge is 2.34. The van der Waals surface area contributed by atoms with E-state index in [9.17, 15) is 14.4 Å². The van der Waals surface area contributed by atoms with Crippen molar-refractivity contribution in [3.63, 3.8) is 0 Å². The topological polar surface area (TPSA) is 97.9 Å². The third-order valence-electron chi connectivity index (χ3n) is 7.00. The highest BCUT2D eigenvalue weighted by atomic mass is 16.5. The maximum absolute atomic E-state index is 13.8. The number of hydrogen-bond acceptors (Lipinski definition) is 4. The molecule has 0 spiro atoms. The number of carbonyl (C=O) groups excluding carboxylic acids is 3. The van der Waals surface area contributed by atoms with Crippen LogP contribution in [0.3, 0.4) is 0 Å². The van der Waals surface area contributed by atoms with Crippen LogP contribution >= 0.6 is 0 Å². The second-order valence-corrected chi connectivity index (χ2v) is 9.13. The number of ether oxygens (including phenoxy) is 1. The van der Waals surface area contributed by atoms with Crippen LogP contribution < -0.4 is 20.3 Å². The molecule has 3 heterocycles. The SMILES string of the molecule is COc1ccc(-n2cc(C(N)=O)c3c2C(=O)N(c2ccc(N4C(=O)CCC4C)c(C)c2)CC3)cc1. The summed E-state index contributed by atoms with van der Waals surface area (Å²) in [5.41, 5.74) is 10.4. The van der Waals surface area contributed by atoms with Crippen molar-refractivity contribution in [2.45, 2.75) is 39.2 Å². The van der Waals surface area contributed by atoms with E-state index in [1.54, 1.807) is 34.9 Å². The monoisotopic (exact) mass is 472 g/mol. The molecule has 1 atom stereocenters. The number of primary amides is 1. The molecule has 8 nitrogen and oxygen atoms in total. The summed E-state index contributed by atoms with van der Waals surface area (Å²) in [7, 11) is 1.59. The summed E-state index contributed by atoms with van der Waals surface area (Å²) < 4.78 is 6.98. The van der Waals surface area contributed by atoms with Crippen LogP contribution in [0.15, 0.2) is 48.7 Å². The minimum Gasteiger partial charge on any atom is -0.497 e. The van der Waals surface area contributed by atoms with Gasteiger partial charge in [-0.05, 0) is 80.3 Å². The molecule has 3 amide bonds. The molecule has 2 aliphatic heterocycles. The Balaban J connectivity index is 1.53. The maximum Gasteiger partial charge on any atom is 0.275 e. The predicted molar refractivity (Wildman–Crippen MR) is 134 cm³/mol. The van der Waals surface area contributed by atoms with Crippen LogP contribution in [0.25, 0.3) is 5.69 Å². The third-order valence-corrected chi connectivity index (χ3v) is 7.00. The first-order valence-corrected chi connectivity index (χ1v) is 11.7. The number of methoxy groups -OCH3 is 1. The lowest BCUT2D eigenvalue weighted by molar-refractivity contribution is -0.117. The van der Waals surface area contributed by atoms with Crippen molar-refractivity contribution >= 4 is 29.1 Å². The van der Waals surface area contributed by atoms with Gasteiger partial charge in [-0.2, -0.15) is 0 Å². The summed E-state index contributed by atoms with van der Waals surface area (Å²) >= 11 is 0. The number of amides is 3. The van der Waals surface area contributed by atoms with Crippen LogP contribution in [-0.2, 0) is 11.2 Å². The normalized spacial score (nSPS) is 17.6. The van der Waals surface area contributed by atoms with Gasteiger partial charge < -0.3 is 24.8 Å². The van der Waals surface area contributed by atoms with Crippen LogP contribution in [0.1, 0.15) is 51.7 Å². The number of nitrogens with zero attached hydrogens (tertiary/aromatic N) is 3. The first kappa shape index (κ1) is 22.7. The maximum atomic E-state index is 13.8. The van der Waals surface area contributed by atoms with Crippen molar-refractivity contribution in [2.24, 2.45) is 5.73 Å². The van der Waals surface area contributed by atoms with E-state index in [1.165, 1.54) is 0 Å². The van der Waals surface area contributed by atoms with Gasteiger partial charge in [0.2, 0.25) is 5.91 Å². The van der Waals surface area contributed by atoms with E-state index in [0.717, 1.165) is 29.0 Å². The Morgan fingerprint density at radius 1 is 1.06 bits per heavy atom. The van der Waals surface area contributed by atoms with Crippen molar-refractivity contribution in [1.29, 1.82) is 0 Å². The Hall–Kier alpha value is -4.07. The van der Waals surface area contributed by atoms with Crippen LogP contribution in [0.4, 0.5) is 11.4 Å². The Morgan fingerprint density at radius 3 is 2.37 bits per heavy atom. The second-order valence-electron chi connectivity index (χ2n) is 9.13. The largest absolute Gasteiger partial charge is 0.497 e. The highest BCUT2D eigenvalue weighted by Crippen LogP contribution is 2.35. The average molecular weight is 473 g/mol. The van der Waals surface area contributed by atoms with Gasteiger partial charge in [-0.3, -0.25) is 14.4 Å². The van der Waals surface area contributed by atoms with Gasteiger partial charge in [-0.25, -0.2) is 0 Å². The van der Waals surface area contributed by atoms with E-state index in [2.05, 4.69) is 6.92 Å². The van der Waals surface area contributed by atoms with Crippen LogP contribution in [0.5, 0.6) is 5.75 Å². The zero-order valence-electron chi connectivity index (χ0n) is 20.1. The number of hydrogen-bond donors (Lipinski definition) is 1. The summed E-state index contributed by atoms with van der Waals surface area (Å²) in [5, 5.41) is 0. The first-order valence-electron chi connectivity index (χ1n) is 11.7. The second kappa shape index (κ2) is 8.61. The molecule has 1 saturated heterocycles. The summed E-state index contributed by atoms with van der Waals surface area (Å²) in [4.78, 5) is 41.9. The van der Waals surface area contributed by atoms with E-state index in [-0.39, 0.29) is 17.9 Å². The third kappa shape index (κ3) is 3.75. The summed E-state index contributed by atoms with van der Waals surface area (Å²) in [5.74, 6) is 0.0641. The van der Waals surface area contributed by atoms with Gasteiger partial charge in [0.1, 0.15) is 11.4 Å². The van der Waals surface area contributed by atoms with E-state index in [0.29, 0.717) is 42.0 Å². The molecule has 3 aromatic rings. The fraction of sp³-hybridized carbons (Fsp3) is 0.296. The number of nitrogens with two attached hydrogens (primary N) is 1. The Morgan fingerprint density at radius 2 is 1.77 bits per heavy atom. The van der Waals surface area contributed by atoms with Gasteiger partial charge in [-0.15, -0.1) is 0 Å². The van der Waals surface area contributed by atoms with E-state index in [1.807, 2.05) is 42.2 Å². The molecule has 5 rings (SSSR count). The highest BCUT2D eigenvalue weighted by molar-refractivity contribution is 6.10. The first-order chi connectivity index (χ1) is 16.8. The zero-order chi connectivity index (χ0) is 24.9. The van der Waals surface area contributed by atoms with Crippen LogP contribution in [0, 0.1) is 6.92 Å². The minimum absolute atomic E-state index is 0.128. The number of aryl methyl sites for hydroxylation is 1. The smallest absolute Gasteiger partial charge is 0.275 e. The zero-order valence-corrected chi connectivity index (χ0v) is 20.1. The molecule has 0 radical (unpaired) electrons. The molecule has 180 valence electrons. The molecule has 1 fully saturated rings. The molecular weight excluding hydrogens is 444 g/mol. The van der Waals surface area contributed by atoms with Gasteiger partial charge >= 0.3 is 0 Å². The van der Waals surface area contributed by atoms with Gasteiger partial charge in [0.05, 0.1) is 12.7 Å². The van der Waals surface area contributed by atoms with Crippen molar-refractivity contribution in [1.82, 2.24) is 4.57 Å². The molecule has 0 aliphatic carbocycles. The Bertz CT molecular complexity index is 1340. The number of anilines is 2. The van der Waals surface area contributed by atoms with Gasteiger partial charge in [0, 0.05) is 42.3 Å². The fourth-order valence-electron chi connectivity index (χ4n) is 5.17. The lowest BCUT2D eigenvalue weighted by Crippen LogP contribution is -2.39. The molecular formula is C27H28N4O4. The van der Waals surface area contributed by atoms with Crippen LogP contribution in [0.2, 0.25) is 0 Å². The number of fused-ring (bicyclic) bond motifs is 1. The van der Waals surface area contributed by atoms with Gasteiger partial charge in [0.25, 0.3) is 11.8 Å². The average Bonchev–Trinajstić information content (AvgIpc) is 3.40. The van der Waals surface area contributed by atoms with Crippen molar-refractivity contribution < 1.29 is 19.1 Å². The molecule has 2 aromatic carbocycles. The number of benzene rings is 2. The predicted octanol–water partition coefficient (Wildman–Crippen LogP) is 3.61. The van der Waals surface area contributed by atoms with E-state index >= 15 is 0 Å². The quantitative estimate of drug-likeness (QED) is 0.613. The molecule has 1 unspecified atom stereocenters. The molecule has 0 saturated carbocycles. The van der Waals surface area contributed by atoms with Crippen molar-refractivity contribution in [3.05, 3.63) is 71.0 Å². The minimum atomic E-state index is -0.556. The van der Waals surface area contributed by atoms with Gasteiger partial charge in [-0.1, -0.05) is 0 Å². The molecule has 1 aromatic heterocycles. The Kier molecular flexibility index (Phi) is 5.59. The summed E-state index contributed by atoms with van der Waals surface area (Å²) in [6, 6.07) is 13.2. The lowest BCUT2D eigenvalue weighted by Gasteiger charge is -2.30. The standard InChI is InChI=1S/C27H28N4O4/c1-16-14-19(7-10-23(16)31-17(2)4-11-24(31)32)29-13-12-21-22(26(28)33)15-30(25(21)27(29)34)18-5-8-20(35-3)9-6-18/h5-10,14-15,17H,4,11-13H2,1-3H3,(H2,28,33). The molecule has 2 aliphatic rings.